The number of methoxy groups -OCH3 is 1. The molecule has 0 saturated heterocycles. The van der Waals surface area contributed by atoms with E-state index in [9.17, 15) is 9.18 Å². The number of hydrogen-bond donors (Lipinski definition) is 2. The summed E-state index contributed by atoms with van der Waals surface area (Å²) in [5, 5.41) is 2.69. The highest BCUT2D eigenvalue weighted by Crippen LogP contribution is 2.11. The summed E-state index contributed by atoms with van der Waals surface area (Å²) in [5.74, 6) is -0.540. The van der Waals surface area contributed by atoms with Crippen molar-refractivity contribution in [1.29, 1.82) is 0 Å². The second-order valence-electron chi connectivity index (χ2n) is 4.09. The van der Waals surface area contributed by atoms with Crippen molar-refractivity contribution in [3.8, 4) is 0 Å². The molecule has 0 unspecified atom stereocenters. The molecule has 0 aliphatic rings. The Morgan fingerprint density at radius 3 is 2.89 bits per heavy atom. The van der Waals surface area contributed by atoms with E-state index in [2.05, 4.69) is 5.32 Å². The van der Waals surface area contributed by atoms with Gasteiger partial charge in [0.15, 0.2) is 0 Å². The van der Waals surface area contributed by atoms with Crippen LogP contribution in [0.2, 0.25) is 0 Å². The minimum atomic E-state index is -0.287. The minimum absolute atomic E-state index is 0.245. The molecule has 0 radical (unpaired) electrons. The quantitative estimate of drug-likeness (QED) is 0.798. The molecule has 18 heavy (non-hydrogen) atoms. The van der Waals surface area contributed by atoms with Crippen molar-refractivity contribution in [2.24, 2.45) is 5.73 Å². The van der Waals surface area contributed by atoms with E-state index in [-0.39, 0.29) is 17.8 Å². The fourth-order valence-corrected chi connectivity index (χ4v) is 1.59. The maximum absolute atomic E-state index is 13.3. The highest BCUT2D eigenvalue weighted by Gasteiger charge is 2.10. The first kappa shape index (κ1) is 14.6. The van der Waals surface area contributed by atoms with E-state index in [1.807, 2.05) is 6.92 Å². The number of rotatable bonds is 6. The van der Waals surface area contributed by atoms with Crippen molar-refractivity contribution in [2.45, 2.75) is 19.4 Å². The lowest BCUT2D eigenvalue weighted by Crippen LogP contribution is -2.39. The molecule has 0 aromatic heterocycles. The second kappa shape index (κ2) is 7.08. The van der Waals surface area contributed by atoms with Gasteiger partial charge in [0.2, 0.25) is 0 Å². The van der Waals surface area contributed by atoms with Crippen molar-refractivity contribution in [2.75, 3.05) is 20.3 Å². The summed E-state index contributed by atoms with van der Waals surface area (Å²) in [4.78, 5) is 11.8. The van der Waals surface area contributed by atoms with Crippen LogP contribution >= 0.6 is 0 Å². The Bertz CT molecular complexity index is 410. The molecule has 0 fully saturated rings. The van der Waals surface area contributed by atoms with E-state index >= 15 is 0 Å². The number of ether oxygens (including phenoxy) is 1. The number of carbonyl (C=O) groups is 1. The van der Waals surface area contributed by atoms with Crippen LogP contribution in [0.15, 0.2) is 18.2 Å². The molecule has 4 nitrogen and oxygen atoms in total. The van der Waals surface area contributed by atoms with Gasteiger partial charge in [-0.3, -0.25) is 4.79 Å². The molecule has 1 atom stereocenters. The Kier molecular flexibility index (Phi) is 5.74. The van der Waals surface area contributed by atoms with Crippen molar-refractivity contribution >= 4 is 5.91 Å². The summed E-state index contributed by atoms with van der Waals surface area (Å²) in [6.07, 6.45) is 0.552. The third-order valence-electron chi connectivity index (χ3n) is 2.59. The molecule has 5 heteroatoms. The number of amides is 1. The average molecular weight is 254 g/mol. The summed E-state index contributed by atoms with van der Waals surface area (Å²) >= 11 is 0. The number of carbonyl (C=O) groups excluding carboxylic acids is 1. The minimum Gasteiger partial charge on any atom is -0.383 e. The predicted molar refractivity (Wildman–Crippen MR) is 68.0 cm³/mol. The molecular weight excluding hydrogens is 235 g/mol. The van der Waals surface area contributed by atoms with Gasteiger partial charge in [0, 0.05) is 25.3 Å². The zero-order valence-corrected chi connectivity index (χ0v) is 10.7. The molecule has 0 heterocycles. The molecule has 1 amide bonds. The van der Waals surface area contributed by atoms with E-state index in [1.165, 1.54) is 12.1 Å². The molecule has 3 N–H and O–H groups in total. The van der Waals surface area contributed by atoms with Crippen molar-refractivity contribution < 1.29 is 13.9 Å². The molecule has 100 valence electrons. The number of halogens is 1. The lowest BCUT2D eigenvalue weighted by Gasteiger charge is -2.12. The van der Waals surface area contributed by atoms with Crippen molar-refractivity contribution in [1.82, 2.24) is 5.32 Å². The normalized spacial score (nSPS) is 12.2. The van der Waals surface area contributed by atoms with Gasteiger partial charge >= 0.3 is 0 Å². The van der Waals surface area contributed by atoms with Crippen LogP contribution in [0.4, 0.5) is 4.39 Å². The largest absolute Gasteiger partial charge is 0.383 e. The first-order valence-electron chi connectivity index (χ1n) is 5.89. The van der Waals surface area contributed by atoms with Gasteiger partial charge in [-0.05, 0) is 30.2 Å². The third kappa shape index (κ3) is 4.09. The standard InChI is InChI=1S/C13H19FN2O2/c1-3-9-6-10(4-5-12(9)14)13(17)16-7-11(15)8-18-2/h4-6,11H,3,7-8,15H2,1-2H3,(H,16,17)/t11-/m1/s1. The van der Waals surface area contributed by atoms with Crippen LogP contribution in [0.3, 0.4) is 0 Å². The average Bonchev–Trinajstić information content (AvgIpc) is 2.37. The summed E-state index contributed by atoms with van der Waals surface area (Å²) < 4.78 is 18.1. The van der Waals surface area contributed by atoms with Crippen LogP contribution in [-0.2, 0) is 11.2 Å². The fraction of sp³-hybridized carbons (Fsp3) is 0.462. The first-order valence-corrected chi connectivity index (χ1v) is 5.89. The first-order chi connectivity index (χ1) is 8.58. The van der Waals surface area contributed by atoms with Crippen LogP contribution < -0.4 is 11.1 Å². The summed E-state index contributed by atoms with van der Waals surface area (Å²) in [6, 6.07) is 4.09. The van der Waals surface area contributed by atoms with E-state index in [0.29, 0.717) is 30.7 Å². The summed E-state index contributed by atoms with van der Waals surface area (Å²) in [7, 11) is 1.55. The Hall–Kier alpha value is -1.46. The number of aryl methyl sites for hydroxylation is 1. The number of nitrogens with two attached hydrogens (primary N) is 1. The lowest BCUT2D eigenvalue weighted by atomic mass is 10.1. The van der Waals surface area contributed by atoms with Gasteiger partial charge in [0.25, 0.3) is 5.91 Å². The van der Waals surface area contributed by atoms with Crippen LogP contribution in [0.25, 0.3) is 0 Å². The van der Waals surface area contributed by atoms with Gasteiger partial charge in [0.05, 0.1) is 6.61 Å². The van der Waals surface area contributed by atoms with Gasteiger partial charge in [-0.1, -0.05) is 6.92 Å². The number of hydrogen-bond acceptors (Lipinski definition) is 3. The smallest absolute Gasteiger partial charge is 0.251 e. The molecule has 1 rings (SSSR count). The Morgan fingerprint density at radius 1 is 1.56 bits per heavy atom. The SMILES string of the molecule is CCc1cc(C(=O)NC[C@@H](N)COC)ccc1F. The van der Waals surface area contributed by atoms with Crippen molar-refractivity contribution in [3.63, 3.8) is 0 Å². The Labute approximate surface area is 106 Å². The molecule has 0 spiro atoms. The highest BCUT2D eigenvalue weighted by atomic mass is 19.1. The molecule has 0 saturated carbocycles. The van der Waals surface area contributed by atoms with Gasteiger partial charge < -0.3 is 15.8 Å². The maximum atomic E-state index is 13.3. The monoisotopic (exact) mass is 254 g/mol. The molecule has 1 aromatic carbocycles. The summed E-state index contributed by atoms with van der Waals surface area (Å²) in [5.41, 5.74) is 6.66. The summed E-state index contributed by atoms with van der Waals surface area (Å²) in [6.45, 7) is 2.55. The fourth-order valence-electron chi connectivity index (χ4n) is 1.59. The van der Waals surface area contributed by atoms with E-state index in [0.717, 1.165) is 0 Å². The Balaban J connectivity index is 2.61. The zero-order valence-electron chi connectivity index (χ0n) is 10.7. The maximum Gasteiger partial charge on any atom is 0.251 e. The van der Waals surface area contributed by atoms with E-state index in [1.54, 1.807) is 13.2 Å². The van der Waals surface area contributed by atoms with Crippen LogP contribution in [0.5, 0.6) is 0 Å². The van der Waals surface area contributed by atoms with E-state index < -0.39 is 0 Å². The molecule has 0 bridgehead atoms. The number of benzene rings is 1. The second-order valence-corrected chi connectivity index (χ2v) is 4.09. The van der Waals surface area contributed by atoms with Gasteiger partial charge in [-0.2, -0.15) is 0 Å². The molecule has 1 aromatic rings. The molecular formula is C13H19FN2O2. The zero-order chi connectivity index (χ0) is 13.5. The van der Waals surface area contributed by atoms with Gasteiger partial charge in [0.1, 0.15) is 5.82 Å². The number of nitrogens with one attached hydrogen (secondary N) is 1. The highest BCUT2D eigenvalue weighted by molar-refractivity contribution is 5.94. The van der Waals surface area contributed by atoms with Crippen molar-refractivity contribution in [3.05, 3.63) is 35.1 Å². The van der Waals surface area contributed by atoms with Crippen LogP contribution in [0.1, 0.15) is 22.8 Å². The molecule has 0 aliphatic heterocycles. The van der Waals surface area contributed by atoms with Crippen LogP contribution in [-0.4, -0.2) is 32.2 Å². The lowest BCUT2D eigenvalue weighted by molar-refractivity contribution is 0.0943. The van der Waals surface area contributed by atoms with Crippen LogP contribution in [0, 0.1) is 5.82 Å². The predicted octanol–water partition coefficient (Wildman–Crippen LogP) is 1.09. The third-order valence-corrected chi connectivity index (χ3v) is 2.59. The van der Waals surface area contributed by atoms with Gasteiger partial charge in [-0.25, -0.2) is 4.39 Å². The topological polar surface area (TPSA) is 64.4 Å². The Morgan fingerprint density at radius 2 is 2.28 bits per heavy atom. The van der Waals surface area contributed by atoms with E-state index in [4.69, 9.17) is 10.5 Å². The van der Waals surface area contributed by atoms with Gasteiger partial charge in [-0.15, -0.1) is 0 Å². The molecule has 0 aliphatic carbocycles.